The van der Waals surface area contributed by atoms with Crippen LogP contribution in [0.25, 0.3) is 0 Å². The number of hydrogen-bond acceptors (Lipinski definition) is 5. The number of pyridine rings is 1. The topological polar surface area (TPSA) is 83.4 Å². The van der Waals surface area contributed by atoms with E-state index in [0.29, 0.717) is 18.7 Å². The molecule has 1 aromatic heterocycles. The summed E-state index contributed by atoms with van der Waals surface area (Å²) in [6, 6.07) is 0. The standard InChI is InChI=1S/C13H22BN3O2/c1-12(2)13(3,4)19-14(18-12)10-7-17-8-11(16)9(10)5-6-15/h7-8H,5-6,15-16H2,1-4H3. The van der Waals surface area contributed by atoms with Crippen molar-refractivity contribution in [1.29, 1.82) is 0 Å². The molecule has 2 heterocycles. The Kier molecular flexibility index (Phi) is 3.60. The second-order valence-corrected chi connectivity index (χ2v) is 5.92. The van der Waals surface area contributed by atoms with Gasteiger partial charge >= 0.3 is 7.12 Å². The number of aromatic nitrogens is 1. The zero-order chi connectivity index (χ0) is 14.3. The molecule has 0 amide bonds. The molecule has 0 bridgehead atoms. The molecule has 6 heteroatoms. The molecule has 0 spiro atoms. The molecular weight excluding hydrogens is 241 g/mol. The van der Waals surface area contributed by atoms with Gasteiger partial charge in [-0.05, 0) is 46.2 Å². The largest absolute Gasteiger partial charge is 0.496 e. The predicted molar refractivity (Wildman–Crippen MR) is 77.1 cm³/mol. The number of nitrogens with two attached hydrogens (primary N) is 2. The summed E-state index contributed by atoms with van der Waals surface area (Å²) in [4.78, 5) is 4.14. The van der Waals surface area contributed by atoms with Crippen molar-refractivity contribution in [3.63, 3.8) is 0 Å². The Morgan fingerprint density at radius 3 is 2.26 bits per heavy atom. The van der Waals surface area contributed by atoms with Crippen LogP contribution in [0.4, 0.5) is 5.69 Å². The van der Waals surface area contributed by atoms with Crippen LogP contribution < -0.4 is 16.9 Å². The molecule has 1 aromatic rings. The van der Waals surface area contributed by atoms with Crippen LogP contribution in [0.2, 0.25) is 0 Å². The molecule has 1 fully saturated rings. The highest BCUT2D eigenvalue weighted by atomic mass is 16.7. The van der Waals surface area contributed by atoms with Gasteiger partial charge in [0.25, 0.3) is 0 Å². The minimum absolute atomic E-state index is 0.373. The maximum absolute atomic E-state index is 6.03. The third kappa shape index (κ3) is 2.48. The molecule has 5 nitrogen and oxygen atoms in total. The van der Waals surface area contributed by atoms with Crippen LogP contribution in [-0.4, -0.2) is 29.8 Å². The quantitative estimate of drug-likeness (QED) is 0.774. The van der Waals surface area contributed by atoms with Gasteiger partial charge in [-0.2, -0.15) is 0 Å². The average molecular weight is 263 g/mol. The van der Waals surface area contributed by atoms with Crippen LogP contribution in [0.5, 0.6) is 0 Å². The lowest BCUT2D eigenvalue weighted by molar-refractivity contribution is 0.00578. The summed E-state index contributed by atoms with van der Waals surface area (Å²) < 4.78 is 12.1. The fraction of sp³-hybridized carbons (Fsp3) is 0.615. The fourth-order valence-electron chi connectivity index (χ4n) is 2.13. The predicted octanol–water partition coefficient (Wildman–Crippen LogP) is 0.464. The maximum atomic E-state index is 6.03. The second kappa shape index (κ2) is 4.78. The van der Waals surface area contributed by atoms with Crippen molar-refractivity contribution < 1.29 is 9.31 Å². The molecule has 0 atom stereocenters. The average Bonchev–Trinajstić information content (AvgIpc) is 2.51. The number of hydrogen-bond donors (Lipinski definition) is 2. The number of anilines is 1. The summed E-state index contributed by atoms with van der Waals surface area (Å²) in [6.07, 6.45) is 4.08. The van der Waals surface area contributed by atoms with Crippen molar-refractivity contribution in [2.24, 2.45) is 5.73 Å². The summed E-state index contributed by atoms with van der Waals surface area (Å²) in [6.45, 7) is 8.62. The van der Waals surface area contributed by atoms with Crippen molar-refractivity contribution in [3.05, 3.63) is 18.0 Å². The van der Waals surface area contributed by atoms with E-state index in [-0.39, 0.29) is 11.2 Å². The number of rotatable bonds is 3. The Bertz CT molecular complexity index is 461. The van der Waals surface area contributed by atoms with Gasteiger partial charge in [-0.3, -0.25) is 4.98 Å². The van der Waals surface area contributed by atoms with E-state index in [1.165, 1.54) is 0 Å². The van der Waals surface area contributed by atoms with Gasteiger partial charge in [-0.1, -0.05) is 0 Å². The summed E-state index contributed by atoms with van der Waals surface area (Å²) in [5.41, 5.74) is 13.4. The Hall–Kier alpha value is -1.11. The Morgan fingerprint density at radius 2 is 1.74 bits per heavy atom. The molecule has 4 N–H and O–H groups in total. The smallest absolute Gasteiger partial charge is 0.399 e. The number of nitrogens with zero attached hydrogens (tertiary/aromatic N) is 1. The molecule has 2 rings (SSSR count). The van der Waals surface area contributed by atoms with E-state index < -0.39 is 7.12 Å². The van der Waals surface area contributed by atoms with Crippen LogP contribution in [0.3, 0.4) is 0 Å². The van der Waals surface area contributed by atoms with Crippen molar-refractivity contribution in [2.45, 2.75) is 45.3 Å². The van der Waals surface area contributed by atoms with E-state index in [2.05, 4.69) is 4.98 Å². The zero-order valence-corrected chi connectivity index (χ0v) is 12.1. The van der Waals surface area contributed by atoms with Crippen LogP contribution in [0, 0.1) is 0 Å². The fourth-order valence-corrected chi connectivity index (χ4v) is 2.13. The minimum Gasteiger partial charge on any atom is -0.399 e. The molecule has 0 radical (unpaired) electrons. The van der Waals surface area contributed by atoms with Gasteiger partial charge in [0, 0.05) is 17.9 Å². The molecule has 0 unspecified atom stereocenters. The molecule has 0 saturated carbocycles. The van der Waals surface area contributed by atoms with Crippen molar-refractivity contribution in [1.82, 2.24) is 4.98 Å². The van der Waals surface area contributed by atoms with Crippen molar-refractivity contribution in [2.75, 3.05) is 12.3 Å². The Balaban J connectivity index is 2.37. The zero-order valence-electron chi connectivity index (χ0n) is 12.1. The first-order valence-electron chi connectivity index (χ1n) is 6.56. The molecule has 0 aliphatic carbocycles. The molecule has 19 heavy (non-hydrogen) atoms. The van der Waals surface area contributed by atoms with Gasteiger partial charge in [0.15, 0.2) is 0 Å². The van der Waals surface area contributed by atoms with Gasteiger partial charge in [-0.15, -0.1) is 0 Å². The first kappa shape index (κ1) is 14.3. The lowest BCUT2D eigenvalue weighted by Gasteiger charge is -2.32. The first-order valence-corrected chi connectivity index (χ1v) is 6.56. The molecular formula is C13H22BN3O2. The van der Waals surface area contributed by atoms with E-state index in [4.69, 9.17) is 20.8 Å². The van der Waals surface area contributed by atoms with Gasteiger partial charge in [0.05, 0.1) is 16.9 Å². The monoisotopic (exact) mass is 263 g/mol. The lowest BCUT2D eigenvalue weighted by atomic mass is 9.76. The minimum atomic E-state index is -0.442. The van der Waals surface area contributed by atoms with Gasteiger partial charge in [-0.25, -0.2) is 0 Å². The van der Waals surface area contributed by atoms with Gasteiger partial charge < -0.3 is 20.8 Å². The SMILES string of the molecule is CC1(C)OB(c2cncc(N)c2CCN)OC1(C)C. The number of nitrogen functional groups attached to an aromatic ring is 1. The highest BCUT2D eigenvalue weighted by Crippen LogP contribution is 2.36. The highest BCUT2D eigenvalue weighted by molar-refractivity contribution is 6.62. The summed E-state index contributed by atoms with van der Waals surface area (Å²) in [5, 5.41) is 0. The van der Waals surface area contributed by atoms with Gasteiger partial charge in [0.2, 0.25) is 0 Å². The van der Waals surface area contributed by atoms with E-state index in [1.807, 2.05) is 27.7 Å². The summed E-state index contributed by atoms with van der Waals surface area (Å²) >= 11 is 0. The summed E-state index contributed by atoms with van der Waals surface area (Å²) in [5.74, 6) is 0. The van der Waals surface area contributed by atoms with E-state index in [0.717, 1.165) is 11.0 Å². The molecule has 104 valence electrons. The summed E-state index contributed by atoms with van der Waals surface area (Å²) in [7, 11) is -0.442. The van der Waals surface area contributed by atoms with Crippen LogP contribution >= 0.6 is 0 Å². The molecule has 1 aliphatic heterocycles. The molecule has 1 saturated heterocycles. The van der Waals surface area contributed by atoms with Gasteiger partial charge in [0.1, 0.15) is 0 Å². The van der Waals surface area contributed by atoms with Crippen LogP contribution in [0.1, 0.15) is 33.3 Å². The van der Waals surface area contributed by atoms with Crippen molar-refractivity contribution in [3.8, 4) is 0 Å². The van der Waals surface area contributed by atoms with E-state index in [9.17, 15) is 0 Å². The Morgan fingerprint density at radius 1 is 1.16 bits per heavy atom. The molecule has 0 aromatic carbocycles. The molecule has 1 aliphatic rings. The van der Waals surface area contributed by atoms with Crippen molar-refractivity contribution >= 4 is 18.3 Å². The maximum Gasteiger partial charge on any atom is 0.496 e. The van der Waals surface area contributed by atoms with Crippen LogP contribution in [0.15, 0.2) is 12.4 Å². The normalized spacial score (nSPS) is 20.8. The van der Waals surface area contributed by atoms with Crippen LogP contribution in [-0.2, 0) is 15.7 Å². The highest BCUT2D eigenvalue weighted by Gasteiger charge is 2.52. The first-order chi connectivity index (χ1) is 8.78. The third-order valence-corrected chi connectivity index (χ3v) is 4.03. The van der Waals surface area contributed by atoms with E-state index >= 15 is 0 Å². The lowest BCUT2D eigenvalue weighted by Crippen LogP contribution is -2.41. The van der Waals surface area contributed by atoms with E-state index in [1.54, 1.807) is 12.4 Å². The second-order valence-electron chi connectivity index (χ2n) is 5.92. The third-order valence-electron chi connectivity index (χ3n) is 4.03. The Labute approximate surface area is 114 Å².